The van der Waals surface area contributed by atoms with Crippen molar-refractivity contribution in [1.29, 1.82) is 0 Å². The minimum Gasteiger partial charge on any atom is -0.468 e. The van der Waals surface area contributed by atoms with Crippen molar-refractivity contribution in [3.8, 4) is 0 Å². The molecule has 0 fully saturated rings. The standard InChI is InChI=1S/C9H10ClN3O3/c1-13(5-8(14)16-2)9(15)6-3-4-7(10)12-11-6/h3-4H,5H2,1-2H3. The van der Waals surface area contributed by atoms with Gasteiger partial charge in [-0.05, 0) is 12.1 Å². The number of carbonyl (C=O) groups is 2. The fourth-order valence-electron chi connectivity index (χ4n) is 0.956. The average molecular weight is 244 g/mol. The summed E-state index contributed by atoms with van der Waals surface area (Å²) in [6.45, 7) is -0.139. The van der Waals surface area contributed by atoms with Crippen molar-refractivity contribution in [2.24, 2.45) is 0 Å². The second-order valence-corrected chi connectivity index (χ2v) is 3.37. The molecule has 0 saturated carbocycles. The lowest BCUT2D eigenvalue weighted by Crippen LogP contribution is -2.33. The summed E-state index contributed by atoms with van der Waals surface area (Å²) in [6.07, 6.45) is 0. The van der Waals surface area contributed by atoms with Gasteiger partial charge in [-0.2, -0.15) is 0 Å². The molecule has 0 bridgehead atoms. The van der Waals surface area contributed by atoms with Crippen LogP contribution in [0.3, 0.4) is 0 Å². The van der Waals surface area contributed by atoms with Crippen molar-refractivity contribution < 1.29 is 14.3 Å². The van der Waals surface area contributed by atoms with Crippen molar-refractivity contribution in [1.82, 2.24) is 15.1 Å². The van der Waals surface area contributed by atoms with E-state index in [4.69, 9.17) is 11.6 Å². The third kappa shape index (κ3) is 3.16. The molecule has 0 atom stereocenters. The molecular weight excluding hydrogens is 234 g/mol. The maximum Gasteiger partial charge on any atom is 0.325 e. The van der Waals surface area contributed by atoms with E-state index in [0.29, 0.717) is 0 Å². The highest BCUT2D eigenvalue weighted by Gasteiger charge is 2.16. The first-order valence-electron chi connectivity index (χ1n) is 4.36. The largest absolute Gasteiger partial charge is 0.468 e. The number of amides is 1. The molecule has 1 aromatic rings. The van der Waals surface area contributed by atoms with Gasteiger partial charge >= 0.3 is 5.97 Å². The maximum atomic E-state index is 11.7. The number of nitrogens with zero attached hydrogens (tertiary/aromatic N) is 3. The molecule has 0 spiro atoms. The molecular formula is C9H10ClN3O3. The molecule has 1 rings (SSSR count). The van der Waals surface area contributed by atoms with Crippen molar-refractivity contribution >= 4 is 23.5 Å². The number of hydrogen-bond donors (Lipinski definition) is 0. The van der Waals surface area contributed by atoms with Crippen LogP contribution in [0.25, 0.3) is 0 Å². The Morgan fingerprint density at radius 2 is 2.12 bits per heavy atom. The molecule has 6 nitrogen and oxygen atoms in total. The van der Waals surface area contributed by atoms with Gasteiger partial charge < -0.3 is 9.64 Å². The first kappa shape index (κ1) is 12.4. The summed E-state index contributed by atoms with van der Waals surface area (Å²) in [4.78, 5) is 23.8. The number of methoxy groups -OCH3 is 1. The minimum atomic E-state index is -0.502. The number of esters is 1. The number of rotatable bonds is 3. The molecule has 1 amide bonds. The van der Waals surface area contributed by atoms with Gasteiger partial charge in [-0.1, -0.05) is 11.6 Å². The molecule has 1 heterocycles. The smallest absolute Gasteiger partial charge is 0.325 e. The lowest BCUT2D eigenvalue weighted by Gasteiger charge is -2.14. The predicted molar refractivity (Wildman–Crippen MR) is 56.0 cm³/mol. The quantitative estimate of drug-likeness (QED) is 0.718. The first-order chi connectivity index (χ1) is 7.54. The van der Waals surface area contributed by atoms with Crippen molar-refractivity contribution in [3.05, 3.63) is 23.0 Å². The van der Waals surface area contributed by atoms with Crippen molar-refractivity contribution in [2.75, 3.05) is 20.7 Å². The molecule has 0 aliphatic heterocycles. The van der Waals surface area contributed by atoms with E-state index in [0.717, 1.165) is 0 Å². The van der Waals surface area contributed by atoms with E-state index in [1.54, 1.807) is 0 Å². The van der Waals surface area contributed by atoms with E-state index < -0.39 is 11.9 Å². The molecule has 86 valence electrons. The zero-order valence-electron chi connectivity index (χ0n) is 8.81. The normalized spacial score (nSPS) is 9.69. The summed E-state index contributed by atoms with van der Waals surface area (Å²) in [5.41, 5.74) is 0.121. The summed E-state index contributed by atoms with van der Waals surface area (Å²) in [6, 6.07) is 2.89. The predicted octanol–water partition coefficient (Wildman–Crippen LogP) is 0.375. The van der Waals surface area contributed by atoms with Crippen LogP contribution in [0.15, 0.2) is 12.1 Å². The summed E-state index contributed by atoms with van der Waals surface area (Å²) in [5.74, 6) is -0.924. The molecule has 0 radical (unpaired) electrons. The van der Waals surface area contributed by atoms with Crippen LogP contribution in [0.5, 0.6) is 0 Å². The highest BCUT2D eigenvalue weighted by atomic mass is 35.5. The van der Waals surface area contributed by atoms with Crippen LogP contribution in [0, 0.1) is 0 Å². The number of likely N-dealkylation sites (N-methyl/N-ethyl adjacent to an activating group) is 1. The van der Waals surface area contributed by atoms with Crippen LogP contribution in [-0.4, -0.2) is 47.7 Å². The van der Waals surface area contributed by atoms with E-state index in [1.165, 1.54) is 31.2 Å². The van der Waals surface area contributed by atoms with Crippen LogP contribution in [-0.2, 0) is 9.53 Å². The number of halogens is 1. The van der Waals surface area contributed by atoms with E-state index in [2.05, 4.69) is 14.9 Å². The Kier molecular flexibility index (Phi) is 4.19. The van der Waals surface area contributed by atoms with Gasteiger partial charge in [-0.3, -0.25) is 9.59 Å². The van der Waals surface area contributed by atoms with Gasteiger partial charge in [0.1, 0.15) is 6.54 Å². The maximum absolute atomic E-state index is 11.7. The van der Waals surface area contributed by atoms with Crippen LogP contribution in [0.4, 0.5) is 0 Å². The number of carbonyl (C=O) groups excluding carboxylic acids is 2. The Labute approximate surface area is 97.2 Å². The van der Waals surface area contributed by atoms with Crippen molar-refractivity contribution in [2.45, 2.75) is 0 Å². The van der Waals surface area contributed by atoms with Gasteiger partial charge in [0.05, 0.1) is 7.11 Å². The molecule has 7 heteroatoms. The lowest BCUT2D eigenvalue weighted by atomic mass is 10.3. The van der Waals surface area contributed by atoms with Gasteiger partial charge in [0, 0.05) is 7.05 Å². The molecule has 1 aromatic heterocycles. The van der Waals surface area contributed by atoms with E-state index in [-0.39, 0.29) is 17.4 Å². The second-order valence-electron chi connectivity index (χ2n) is 2.98. The Balaban J connectivity index is 2.70. The number of hydrogen-bond acceptors (Lipinski definition) is 5. The molecule has 0 N–H and O–H groups in total. The van der Waals surface area contributed by atoms with Crippen LogP contribution in [0.1, 0.15) is 10.5 Å². The number of ether oxygens (including phenoxy) is 1. The van der Waals surface area contributed by atoms with Gasteiger partial charge in [-0.25, -0.2) is 0 Å². The Hall–Kier alpha value is -1.69. The highest BCUT2D eigenvalue weighted by Crippen LogP contribution is 2.04. The molecule has 0 saturated heterocycles. The molecule has 0 aliphatic carbocycles. The van der Waals surface area contributed by atoms with Crippen molar-refractivity contribution in [3.63, 3.8) is 0 Å². The van der Waals surface area contributed by atoms with E-state index in [9.17, 15) is 9.59 Å². The zero-order valence-corrected chi connectivity index (χ0v) is 9.56. The Morgan fingerprint density at radius 1 is 1.44 bits per heavy atom. The molecule has 0 aliphatic rings. The topological polar surface area (TPSA) is 72.4 Å². The highest BCUT2D eigenvalue weighted by molar-refractivity contribution is 6.29. The van der Waals surface area contributed by atoms with Gasteiger partial charge in [0.15, 0.2) is 10.8 Å². The SMILES string of the molecule is COC(=O)CN(C)C(=O)c1ccc(Cl)nn1. The Bertz CT molecular complexity index is 393. The zero-order chi connectivity index (χ0) is 12.1. The third-order valence-electron chi connectivity index (χ3n) is 1.79. The molecule has 0 aromatic carbocycles. The minimum absolute atomic E-state index is 0.121. The fraction of sp³-hybridized carbons (Fsp3) is 0.333. The van der Waals surface area contributed by atoms with Gasteiger partial charge in [-0.15, -0.1) is 10.2 Å². The molecule has 0 unspecified atom stereocenters. The first-order valence-corrected chi connectivity index (χ1v) is 4.74. The van der Waals surface area contributed by atoms with Gasteiger partial charge in [0.25, 0.3) is 5.91 Å². The Morgan fingerprint density at radius 3 is 2.62 bits per heavy atom. The summed E-state index contributed by atoms with van der Waals surface area (Å²) in [7, 11) is 2.72. The monoisotopic (exact) mass is 243 g/mol. The van der Waals surface area contributed by atoms with Crippen LogP contribution >= 0.6 is 11.6 Å². The summed E-state index contributed by atoms with van der Waals surface area (Å²) in [5, 5.41) is 7.34. The lowest BCUT2D eigenvalue weighted by molar-refractivity contribution is -0.141. The third-order valence-corrected chi connectivity index (χ3v) is 1.99. The van der Waals surface area contributed by atoms with Crippen LogP contribution < -0.4 is 0 Å². The summed E-state index contributed by atoms with van der Waals surface area (Å²) < 4.78 is 4.44. The second kappa shape index (κ2) is 5.41. The summed E-state index contributed by atoms with van der Waals surface area (Å²) >= 11 is 5.53. The average Bonchev–Trinajstić information content (AvgIpc) is 2.28. The number of aromatic nitrogens is 2. The molecule has 16 heavy (non-hydrogen) atoms. The van der Waals surface area contributed by atoms with E-state index >= 15 is 0 Å². The fourth-order valence-corrected chi connectivity index (χ4v) is 1.06. The van der Waals surface area contributed by atoms with Crippen LogP contribution in [0.2, 0.25) is 5.15 Å². The van der Waals surface area contributed by atoms with Gasteiger partial charge in [0.2, 0.25) is 0 Å². The van der Waals surface area contributed by atoms with E-state index in [1.807, 2.05) is 0 Å².